The summed E-state index contributed by atoms with van der Waals surface area (Å²) in [6, 6.07) is 0. The Bertz CT molecular complexity index is 964. The summed E-state index contributed by atoms with van der Waals surface area (Å²) in [6.07, 6.45) is 52.3. The predicted molar refractivity (Wildman–Crippen MR) is 270 cm³/mol. The van der Waals surface area contributed by atoms with Crippen molar-refractivity contribution in [3.63, 3.8) is 0 Å². The molecule has 0 fully saturated rings. The Morgan fingerprint density at radius 2 is 0.603 bits per heavy atom. The van der Waals surface area contributed by atoms with E-state index < -0.39 is 6.10 Å². The zero-order valence-corrected chi connectivity index (χ0v) is 43.2. The molecule has 1 unspecified atom stereocenters. The van der Waals surface area contributed by atoms with Crippen molar-refractivity contribution in [3.05, 3.63) is 0 Å². The van der Waals surface area contributed by atoms with Crippen molar-refractivity contribution in [3.8, 4) is 0 Å². The smallest absolute Gasteiger partial charge is 0.306 e. The lowest BCUT2D eigenvalue weighted by atomic mass is 9.99. The Balaban J connectivity index is 4.19. The van der Waals surface area contributed by atoms with Crippen molar-refractivity contribution >= 4 is 17.9 Å². The zero-order valence-electron chi connectivity index (χ0n) is 43.2. The fourth-order valence-electron chi connectivity index (χ4n) is 8.66. The van der Waals surface area contributed by atoms with Gasteiger partial charge in [-0.2, -0.15) is 0 Å². The summed E-state index contributed by atoms with van der Waals surface area (Å²) < 4.78 is 16.8. The second kappa shape index (κ2) is 49.8. The Morgan fingerprint density at radius 3 is 0.905 bits per heavy atom. The van der Waals surface area contributed by atoms with E-state index >= 15 is 0 Å². The third kappa shape index (κ3) is 49.7. The Kier molecular flexibility index (Phi) is 48.6. The highest BCUT2D eigenvalue weighted by Crippen LogP contribution is 2.18. The van der Waals surface area contributed by atoms with E-state index in [4.69, 9.17) is 14.2 Å². The molecule has 0 N–H and O–H groups in total. The van der Waals surface area contributed by atoms with Gasteiger partial charge in [-0.05, 0) is 31.1 Å². The number of rotatable bonds is 51. The number of ether oxygens (including phenoxy) is 3. The molecule has 0 bridgehead atoms. The van der Waals surface area contributed by atoms with Crippen molar-refractivity contribution < 1.29 is 28.6 Å². The van der Waals surface area contributed by atoms with Gasteiger partial charge in [0.1, 0.15) is 13.2 Å². The monoisotopic (exact) mass is 891 g/mol. The molecular weight excluding hydrogens is 781 g/mol. The van der Waals surface area contributed by atoms with Crippen LogP contribution in [0, 0.1) is 11.8 Å². The van der Waals surface area contributed by atoms with Crippen LogP contribution in [0.15, 0.2) is 0 Å². The molecule has 0 spiro atoms. The van der Waals surface area contributed by atoms with Crippen LogP contribution in [0.25, 0.3) is 0 Å². The number of hydrogen-bond donors (Lipinski definition) is 0. The molecule has 2 atom stereocenters. The van der Waals surface area contributed by atoms with Crippen LogP contribution in [0.1, 0.15) is 317 Å². The van der Waals surface area contributed by atoms with Crippen LogP contribution in [-0.4, -0.2) is 37.2 Å². The molecule has 6 nitrogen and oxygen atoms in total. The van der Waals surface area contributed by atoms with E-state index in [1.165, 1.54) is 205 Å². The van der Waals surface area contributed by atoms with Crippen molar-refractivity contribution in [1.29, 1.82) is 0 Å². The summed E-state index contributed by atoms with van der Waals surface area (Å²) >= 11 is 0. The Morgan fingerprint density at radius 1 is 0.333 bits per heavy atom. The van der Waals surface area contributed by atoms with E-state index in [1.54, 1.807) is 0 Å². The lowest BCUT2D eigenvalue weighted by molar-refractivity contribution is -0.167. The number of carbonyl (C=O) groups excluding carboxylic acids is 3. The van der Waals surface area contributed by atoms with Crippen LogP contribution < -0.4 is 0 Å². The van der Waals surface area contributed by atoms with E-state index in [2.05, 4.69) is 34.6 Å². The van der Waals surface area contributed by atoms with Crippen LogP contribution in [0.5, 0.6) is 0 Å². The first-order valence-electron chi connectivity index (χ1n) is 28.3. The molecule has 0 saturated heterocycles. The minimum atomic E-state index is -0.761. The molecule has 0 aliphatic carbocycles. The van der Waals surface area contributed by atoms with Gasteiger partial charge in [0.05, 0.1) is 0 Å². The SMILES string of the molecule is CCCCCCCCCCCC(=O)O[C@@H](COC(=O)CCCCCCCCCCCCCCCCCC(C)C)COC(=O)CCCCCCCCCCCCCCCCC(C)CC. The van der Waals surface area contributed by atoms with Gasteiger partial charge in [-0.25, -0.2) is 0 Å². The molecule has 0 aromatic rings. The minimum absolute atomic E-state index is 0.0631. The highest BCUT2D eigenvalue weighted by atomic mass is 16.6. The number of unbranched alkanes of at least 4 members (excludes halogenated alkanes) is 35. The van der Waals surface area contributed by atoms with Crippen LogP contribution in [0.4, 0.5) is 0 Å². The lowest BCUT2D eigenvalue weighted by Gasteiger charge is -2.18. The largest absolute Gasteiger partial charge is 0.462 e. The van der Waals surface area contributed by atoms with Gasteiger partial charge in [0.15, 0.2) is 6.10 Å². The van der Waals surface area contributed by atoms with Crippen molar-refractivity contribution in [2.24, 2.45) is 11.8 Å². The lowest BCUT2D eigenvalue weighted by Crippen LogP contribution is -2.30. The van der Waals surface area contributed by atoms with Crippen molar-refractivity contribution in [2.45, 2.75) is 323 Å². The topological polar surface area (TPSA) is 78.9 Å². The van der Waals surface area contributed by atoms with Gasteiger partial charge >= 0.3 is 17.9 Å². The van der Waals surface area contributed by atoms with Crippen LogP contribution >= 0.6 is 0 Å². The normalized spacial score (nSPS) is 12.5. The highest BCUT2D eigenvalue weighted by Gasteiger charge is 2.19. The Labute approximate surface area is 393 Å². The van der Waals surface area contributed by atoms with Gasteiger partial charge in [-0.1, -0.05) is 279 Å². The Hall–Kier alpha value is -1.59. The first-order valence-corrected chi connectivity index (χ1v) is 28.3. The van der Waals surface area contributed by atoms with Gasteiger partial charge in [0.25, 0.3) is 0 Å². The maximum atomic E-state index is 12.8. The summed E-state index contributed by atoms with van der Waals surface area (Å²) in [7, 11) is 0. The summed E-state index contributed by atoms with van der Waals surface area (Å²) in [5.74, 6) is 0.901. The van der Waals surface area contributed by atoms with E-state index in [9.17, 15) is 14.4 Å². The predicted octanol–water partition coefficient (Wildman–Crippen LogP) is 18.5. The quantitative estimate of drug-likeness (QED) is 0.0344. The molecule has 0 amide bonds. The van der Waals surface area contributed by atoms with Crippen molar-refractivity contribution in [2.75, 3.05) is 13.2 Å². The third-order valence-electron chi connectivity index (χ3n) is 13.3. The average Bonchev–Trinajstić information content (AvgIpc) is 3.27. The minimum Gasteiger partial charge on any atom is -0.462 e. The van der Waals surface area contributed by atoms with Crippen LogP contribution in [-0.2, 0) is 28.6 Å². The van der Waals surface area contributed by atoms with Gasteiger partial charge in [0, 0.05) is 19.3 Å². The average molecular weight is 892 g/mol. The van der Waals surface area contributed by atoms with Gasteiger partial charge in [0.2, 0.25) is 0 Å². The van der Waals surface area contributed by atoms with Crippen LogP contribution in [0.3, 0.4) is 0 Å². The van der Waals surface area contributed by atoms with E-state index in [-0.39, 0.29) is 31.1 Å². The molecule has 374 valence electrons. The molecular formula is C57H110O6. The molecule has 6 heteroatoms. The summed E-state index contributed by atoms with van der Waals surface area (Å²) in [5, 5.41) is 0. The standard InChI is InChI=1S/C57H110O6/c1-6-8-9-10-11-25-34-39-44-49-57(60)63-54(50-61-55(58)47-42-37-32-28-23-19-14-12-13-17-21-26-30-35-40-45-52(3)4)51-62-56(59)48-43-38-33-29-24-20-16-15-18-22-27-31-36-41-46-53(5)7-2/h52-54H,6-51H2,1-5H3/t53?,54-/m0/s1. The van der Waals surface area contributed by atoms with E-state index in [0.29, 0.717) is 19.3 Å². The molecule has 0 radical (unpaired) electrons. The number of esters is 3. The molecule has 0 aliphatic rings. The zero-order chi connectivity index (χ0) is 46.1. The van der Waals surface area contributed by atoms with Crippen LogP contribution in [0.2, 0.25) is 0 Å². The number of hydrogen-bond acceptors (Lipinski definition) is 6. The molecule has 0 aromatic carbocycles. The van der Waals surface area contributed by atoms with E-state index in [0.717, 1.165) is 69.6 Å². The second-order valence-electron chi connectivity index (χ2n) is 20.3. The summed E-state index contributed by atoms with van der Waals surface area (Å²) in [6.45, 7) is 11.4. The van der Waals surface area contributed by atoms with E-state index in [1.807, 2.05) is 0 Å². The molecule has 0 heterocycles. The first kappa shape index (κ1) is 61.4. The second-order valence-corrected chi connectivity index (χ2v) is 20.3. The fraction of sp³-hybridized carbons (Fsp3) is 0.947. The highest BCUT2D eigenvalue weighted by molar-refractivity contribution is 5.71. The van der Waals surface area contributed by atoms with Gasteiger partial charge < -0.3 is 14.2 Å². The molecule has 0 saturated carbocycles. The van der Waals surface area contributed by atoms with Gasteiger partial charge in [-0.3, -0.25) is 14.4 Å². The maximum absolute atomic E-state index is 12.8. The molecule has 0 aromatic heterocycles. The van der Waals surface area contributed by atoms with Crippen molar-refractivity contribution in [1.82, 2.24) is 0 Å². The van der Waals surface area contributed by atoms with Gasteiger partial charge in [-0.15, -0.1) is 0 Å². The fourth-order valence-corrected chi connectivity index (χ4v) is 8.66. The summed E-state index contributed by atoms with van der Waals surface area (Å²) in [4.78, 5) is 38.0. The third-order valence-corrected chi connectivity index (χ3v) is 13.3. The molecule has 63 heavy (non-hydrogen) atoms. The number of carbonyl (C=O) groups is 3. The molecule has 0 aliphatic heterocycles. The maximum Gasteiger partial charge on any atom is 0.306 e. The summed E-state index contributed by atoms with van der Waals surface area (Å²) in [5.41, 5.74) is 0. The first-order chi connectivity index (χ1) is 30.8. The molecule has 0 rings (SSSR count).